The molecule has 1 saturated carbocycles. The average Bonchev–Trinajstić information content (AvgIpc) is 2.78. The maximum Gasteiger partial charge on any atom is 0.00991 e. The van der Waals surface area contributed by atoms with Gasteiger partial charge in [0.15, 0.2) is 0 Å². The maximum atomic E-state index is 5.77. The molecule has 4 unspecified atom stereocenters. The Balaban J connectivity index is 2.03. The Morgan fingerprint density at radius 1 is 1.50 bits per heavy atom. The highest BCUT2D eigenvalue weighted by atomic mass is 15.0. The lowest BCUT2D eigenvalue weighted by Crippen LogP contribution is -2.34. The molecule has 72 valence electrons. The largest absolute Gasteiger partial charge is 0.328 e. The van der Waals surface area contributed by atoms with E-state index in [-0.39, 0.29) is 0 Å². The van der Waals surface area contributed by atoms with Crippen molar-refractivity contribution >= 4 is 0 Å². The Labute approximate surface area is 75.9 Å². The summed E-state index contributed by atoms with van der Waals surface area (Å²) in [6, 6.07) is 1.12. The van der Waals surface area contributed by atoms with Crippen LogP contribution in [0.25, 0.3) is 0 Å². The fraction of sp³-hybridized carbons (Fsp3) is 1.00. The summed E-state index contributed by atoms with van der Waals surface area (Å²) in [5.74, 6) is 1.55. The maximum absolute atomic E-state index is 5.77. The molecule has 1 fully saturated rings. The zero-order valence-corrected chi connectivity index (χ0v) is 8.51. The van der Waals surface area contributed by atoms with Crippen molar-refractivity contribution in [3.8, 4) is 0 Å². The lowest BCUT2D eigenvalue weighted by molar-refractivity contribution is 0.437. The van der Waals surface area contributed by atoms with Gasteiger partial charge in [-0.3, -0.25) is 0 Å². The molecule has 2 heteroatoms. The minimum Gasteiger partial charge on any atom is -0.328 e. The third-order valence-electron chi connectivity index (χ3n) is 3.05. The van der Waals surface area contributed by atoms with Crippen LogP contribution in [0.5, 0.6) is 0 Å². The van der Waals surface area contributed by atoms with Gasteiger partial charge in [0.1, 0.15) is 0 Å². The highest BCUT2D eigenvalue weighted by Crippen LogP contribution is 2.33. The van der Waals surface area contributed by atoms with Gasteiger partial charge < -0.3 is 11.1 Å². The number of nitrogens with one attached hydrogen (secondary N) is 1. The van der Waals surface area contributed by atoms with Crippen molar-refractivity contribution < 1.29 is 0 Å². The second-order valence-corrected chi connectivity index (χ2v) is 4.26. The molecule has 1 rings (SSSR count). The van der Waals surface area contributed by atoms with E-state index in [0.29, 0.717) is 12.0 Å². The predicted molar refractivity (Wildman–Crippen MR) is 53.0 cm³/mol. The van der Waals surface area contributed by atoms with Crippen molar-refractivity contribution in [1.82, 2.24) is 5.32 Å². The van der Waals surface area contributed by atoms with Crippen LogP contribution in [0.2, 0.25) is 0 Å². The van der Waals surface area contributed by atoms with E-state index >= 15 is 0 Å². The van der Waals surface area contributed by atoms with Crippen LogP contribution < -0.4 is 11.1 Å². The van der Waals surface area contributed by atoms with Crippen molar-refractivity contribution in [2.24, 2.45) is 17.6 Å². The molecule has 0 aliphatic heterocycles. The molecule has 0 aromatic carbocycles. The molecule has 12 heavy (non-hydrogen) atoms. The summed E-state index contributed by atoms with van der Waals surface area (Å²) >= 11 is 0. The Bertz CT molecular complexity index is 134. The minimum absolute atomic E-state index is 0.316. The van der Waals surface area contributed by atoms with Crippen molar-refractivity contribution in [1.29, 1.82) is 0 Å². The lowest BCUT2D eigenvalue weighted by Gasteiger charge is -2.15. The number of hydrogen-bond acceptors (Lipinski definition) is 2. The molecular formula is C10H22N2. The zero-order valence-electron chi connectivity index (χ0n) is 8.51. The summed E-state index contributed by atoms with van der Waals surface area (Å²) in [7, 11) is 0. The summed E-state index contributed by atoms with van der Waals surface area (Å²) in [6.07, 6.45) is 2.70. The molecule has 0 saturated heterocycles. The smallest absolute Gasteiger partial charge is 0.00991 e. The molecule has 0 spiro atoms. The van der Waals surface area contributed by atoms with Gasteiger partial charge in [0.05, 0.1) is 0 Å². The molecule has 0 aromatic rings. The highest BCUT2D eigenvalue weighted by molar-refractivity contribution is 4.92. The van der Waals surface area contributed by atoms with Crippen LogP contribution in [0.1, 0.15) is 33.6 Å². The fourth-order valence-corrected chi connectivity index (χ4v) is 1.47. The summed E-state index contributed by atoms with van der Waals surface area (Å²) in [4.78, 5) is 0. The van der Waals surface area contributed by atoms with Gasteiger partial charge in [0.2, 0.25) is 0 Å². The Hall–Kier alpha value is -0.0800. The number of nitrogens with two attached hydrogens (primary N) is 1. The highest BCUT2D eigenvalue weighted by Gasteiger charge is 2.34. The lowest BCUT2D eigenvalue weighted by atomic mass is 10.1. The van der Waals surface area contributed by atoms with Crippen LogP contribution in [0.4, 0.5) is 0 Å². The number of hydrogen-bond donors (Lipinski definition) is 2. The van der Waals surface area contributed by atoms with E-state index in [1.165, 1.54) is 12.8 Å². The third-order valence-corrected chi connectivity index (χ3v) is 3.05. The van der Waals surface area contributed by atoms with E-state index in [0.717, 1.165) is 18.5 Å². The zero-order chi connectivity index (χ0) is 9.14. The normalized spacial score (nSPS) is 33.0. The first-order valence-corrected chi connectivity index (χ1v) is 5.14. The molecule has 2 nitrogen and oxygen atoms in total. The van der Waals surface area contributed by atoms with E-state index in [1.54, 1.807) is 0 Å². The fourth-order valence-electron chi connectivity index (χ4n) is 1.47. The SMILES string of the molecule is CCC1CC1NCC(C)C(C)N. The Morgan fingerprint density at radius 3 is 2.58 bits per heavy atom. The molecular weight excluding hydrogens is 148 g/mol. The number of rotatable bonds is 5. The minimum atomic E-state index is 0.316. The Morgan fingerprint density at radius 2 is 2.17 bits per heavy atom. The van der Waals surface area contributed by atoms with Crippen LogP contribution in [0.3, 0.4) is 0 Å². The Kier molecular flexibility index (Phi) is 3.53. The van der Waals surface area contributed by atoms with Crippen LogP contribution >= 0.6 is 0 Å². The van der Waals surface area contributed by atoms with Crippen LogP contribution in [-0.2, 0) is 0 Å². The first kappa shape index (κ1) is 10.0. The molecule has 0 radical (unpaired) electrons. The molecule has 0 bridgehead atoms. The van der Waals surface area contributed by atoms with Gasteiger partial charge in [0, 0.05) is 12.1 Å². The van der Waals surface area contributed by atoms with Crippen molar-refractivity contribution in [3.63, 3.8) is 0 Å². The monoisotopic (exact) mass is 170 g/mol. The van der Waals surface area contributed by atoms with Crippen LogP contribution in [0.15, 0.2) is 0 Å². The molecule has 4 atom stereocenters. The van der Waals surface area contributed by atoms with Crippen molar-refractivity contribution in [2.45, 2.75) is 45.7 Å². The summed E-state index contributed by atoms with van der Waals surface area (Å²) in [5.41, 5.74) is 5.77. The van der Waals surface area contributed by atoms with Gasteiger partial charge in [-0.25, -0.2) is 0 Å². The quantitative estimate of drug-likeness (QED) is 0.654. The van der Waals surface area contributed by atoms with E-state index in [2.05, 4.69) is 26.1 Å². The van der Waals surface area contributed by atoms with E-state index in [4.69, 9.17) is 5.73 Å². The van der Waals surface area contributed by atoms with E-state index < -0.39 is 0 Å². The molecule has 0 aromatic heterocycles. The first-order chi connectivity index (χ1) is 5.65. The van der Waals surface area contributed by atoms with Gasteiger partial charge in [-0.05, 0) is 31.7 Å². The molecule has 0 amide bonds. The van der Waals surface area contributed by atoms with Gasteiger partial charge in [0.25, 0.3) is 0 Å². The van der Waals surface area contributed by atoms with Gasteiger partial charge in [-0.1, -0.05) is 20.3 Å². The summed E-state index contributed by atoms with van der Waals surface area (Å²) < 4.78 is 0. The van der Waals surface area contributed by atoms with Gasteiger partial charge in [-0.2, -0.15) is 0 Å². The summed E-state index contributed by atoms with van der Waals surface area (Å²) in [6.45, 7) is 7.64. The van der Waals surface area contributed by atoms with Crippen molar-refractivity contribution in [2.75, 3.05) is 6.54 Å². The van der Waals surface area contributed by atoms with E-state index in [1.807, 2.05) is 0 Å². The van der Waals surface area contributed by atoms with Gasteiger partial charge >= 0.3 is 0 Å². The standard InChI is InChI=1S/C10H22N2/c1-4-9-5-10(9)12-6-7(2)8(3)11/h7-10,12H,4-6,11H2,1-3H3. The van der Waals surface area contributed by atoms with Crippen LogP contribution in [0, 0.1) is 11.8 Å². The molecule has 1 aliphatic carbocycles. The van der Waals surface area contributed by atoms with Crippen molar-refractivity contribution in [3.05, 3.63) is 0 Å². The molecule has 0 heterocycles. The molecule has 1 aliphatic rings. The topological polar surface area (TPSA) is 38.0 Å². The predicted octanol–water partition coefficient (Wildman–Crippen LogP) is 1.36. The average molecular weight is 170 g/mol. The second kappa shape index (κ2) is 4.24. The first-order valence-electron chi connectivity index (χ1n) is 5.14. The summed E-state index contributed by atoms with van der Waals surface area (Å²) in [5, 5.41) is 3.56. The van der Waals surface area contributed by atoms with E-state index in [9.17, 15) is 0 Å². The third kappa shape index (κ3) is 2.76. The second-order valence-electron chi connectivity index (χ2n) is 4.26. The van der Waals surface area contributed by atoms with Gasteiger partial charge in [-0.15, -0.1) is 0 Å². The van der Waals surface area contributed by atoms with Crippen LogP contribution in [-0.4, -0.2) is 18.6 Å². The molecule has 3 N–H and O–H groups in total.